The number of sulfonamides is 1. The second kappa shape index (κ2) is 9.18. The van der Waals surface area contributed by atoms with E-state index in [1.165, 1.54) is 0 Å². The molecule has 1 aliphatic rings. The van der Waals surface area contributed by atoms with Gasteiger partial charge in [-0.1, -0.05) is 35.4 Å². The molecule has 30 heavy (non-hydrogen) atoms. The smallest absolute Gasteiger partial charge is 0.319 e. The molecule has 0 aromatic heterocycles. The van der Waals surface area contributed by atoms with Crippen LogP contribution in [0.1, 0.15) is 35.1 Å². The maximum absolute atomic E-state index is 13.3. The topological polar surface area (TPSA) is 78.5 Å². The van der Waals surface area contributed by atoms with Crippen molar-refractivity contribution in [3.8, 4) is 0 Å². The highest BCUT2D eigenvalue weighted by molar-refractivity contribution is 7.89. The van der Waals surface area contributed by atoms with E-state index in [0.29, 0.717) is 24.5 Å². The number of piperidine rings is 1. The number of carbonyl (C=O) groups excluding carboxylic acids is 1. The molecule has 2 aromatic rings. The molecule has 1 fully saturated rings. The predicted molar refractivity (Wildman–Crippen MR) is 120 cm³/mol. The van der Waals surface area contributed by atoms with E-state index in [2.05, 4.69) is 10.6 Å². The quantitative estimate of drug-likeness (QED) is 0.750. The highest BCUT2D eigenvalue weighted by atomic mass is 32.2. The van der Waals surface area contributed by atoms with Crippen molar-refractivity contribution in [1.29, 1.82) is 0 Å². The lowest BCUT2D eigenvalue weighted by molar-refractivity contribution is 0.238. The number of amides is 2. The van der Waals surface area contributed by atoms with Crippen molar-refractivity contribution in [3.05, 3.63) is 58.7 Å². The largest absolute Gasteiger partial charge is 0.338 e. The molecule has 0 radical (unpaired) electrons. The minimum Gasteiger partial charge on any atom is -0.338 e. The van der Waals surface area contributed by atoms with Crippen molar-refractivity contribution in [2.45, 2.75) is 45.4 Å². The minimum absolute atomic E-state index is 0.0864. The van der Waals surface area contributed by atoms with Crippen molar-refractivity contribution in [1.82, 2.24) is 9.62 Å². The lowest BCUT2D eigenvalue weighted by Gasteiger charge is -2.32. The molecule has 1 saturated heterocycles. The van der Waals surface area contributed by atoms with Gasteiger partial charge >= 0.3 is 6.03 Å². The van der Waals surface area contributed by atoms with Crippen molar-refractivity contribution in [2.24, 2.45) is 5.92 Å². The standard InChI is InChI=1S/C23H31N3O3S/c1-16-7-9-21(10-8-16)25-23(27)24-14-20-6-5-11-26(15-20)30(28,29)22-18(3)12-17(2)13-19(22)4/h7-10,12-13,20H,5-6,11,14-15H2,1-4H3,(H2,24,25,27)/t20-/m1/s1. The number of urea groups is 1. The second-order valence-electron chi connectivity index (χ2n) is 8.30. The zero-order valence-electron chi connectivity index (χ0n) is 18.2. The Hall–Kier alpha value is -2.38. The summed E-state index contributed by atoms with van der Waals surface area (Å²) < 4.78 is 28.2. The first kappa shape index (κ1) is 22.3. The fraction of sp³-hybridized carbons (Fsp3) is 0.435. The Morgan fingerprint density at radius 3 is 2.30 bits per heavy atom. The number of benzene rings is 2. The molecule has 6 nitrogen and oxygen atoms in total. The average molecular weight is 430 g/mol. The normalized spacial score (nSPS) is 17.5. The maximum Gasteiger partial charge on any atom is 0.319 e. The van der Waals surface area contributed by atoms with Crippen molar-refractivity contribution >= 4 is 21.7 Å². The summed E-state index contributed by atoms with van der Waals surface area (Å²) in [5, 5.41) is 5.70. The number of hydrogen-bond acceptors (Lipinski definition) is 3. The van der Waals surface area contributed by atoms with E-state index in [9.17, 15) is 13.2 Å². The molecule has 0 aliphatic carbocycles. The Morgan fingerprint density at radius 2 is 1.67 bits per heavy atom. The highest BCUT2D eigenvalue weighted by Gasteiger charge is 2.32. The molecule has 1 heterocycles. The molecule has 2 amide bonds. The Kier molecular flexibility index (Phi) is 6.83. The van der Waals surface area contributed by atoms with Gasteiger partial charge in [0.15, 0.2) is 0 Å². The molecule has 0 spiro atoms. The molecule has 7 heteroatoms. The lowest BCUT2D eigenvalue weighted by atomic mass is 10.00. The molecule has 2 aromatic carbocycles. The van der Waals surface area contributed by atoms with Crippen LogP contribution in [0.3, 0.4) is 0 Å². The first-order valence-corrected chi connectivity index (χ1v) is 11.8. The third-order valence-electron chi connectivity index (χ3n) is 5.54. The van der Waals surface area contributed by atoms with Gasteiger partial charge in [-0.25, -0.2) is 13.2 Å². The first-order chi connectivity index (χ1) is 14.2. The summed E-state index contributed by atoms with van der Waals surface area (Å²) in [7, 11) is -3.56. The van der Waals surface area contributed by atoms with Crippen LogP contribution in [-0.2, 0) is 10.0 Å². The fourth-order valence-electron chi connectivity index (χ4n) is 4.16. The summed E-state index contributed by atoms with van der Waals surface area (Å²) in [6.45, 7) is 9.04. The summed E-state index contributed by atoms with van der Waals surface area (Å²) in [4.78, 5) is 12.6. The molecular formula is C23H31N3O3S. The van der Waals surface area contributed by atoms with Gasteiger partial charge < -0.3 is 10.6 Å². The van der Waals surface area contributed by atoms with Gasteiger partial charge in [-0.15, -0.1) is 0 Å². The molecule has 1 aliphatic heterocycles. The van der Waals surface area contributed by atoms with Crippen LogP contribution in [0, 0.1) is 33.6 Å². The summed E-state index contributed by atoms with van der Waals surface area (Å²) >= 11 is 0. The second-order valence-corrected chi connectivity index (χ2v) is 10.2. The van der Waals surface area contributed by atoms with Gasteiger partial charge in [0, 0.05) is 25.3 Å². The summed E-state index contributed by atoms with van der Waals surface area (Å²) in [5.74, 6) is 0.0864. The number of rotatable bonds is 5. The first-order valence-electron chi connectivity index (χ1n) is 10.4. The molecule has 162 valence electrons. The zero-order chi connectivity index (χ0) is 21.9. The van der Waals surface area contributed by atoms with E-state index in [0.717, 1.165) is 40.8 Å². The number of anilines is 1. The fourth-order valence-corrected chi connectivity index (χ4v) is 6.13. The number of nitrogens with one attached hydrogen (secondary N) is 2. The Labute approximate surface area is 179 Å². The Bertz CT molecular complexity index is 993. The van der Waals surface area contributed by atoms with Crippen LogP contribution in [0.25, 0.3) is 0 Å². The van der Waals surface area contributed by atoms with Gasteiger partial charge in [0.1, 0.15) is 0 Å². The molecule has 0 unspecified atom stereocenters. The third-order valence-corrected chi connectivity index (χ3v) is 7.72. The van der Waals surface area contributed by atoms with E-state index in [-0.39, 0.29) is 11.9 Å². The Morgan fingerprint density at radius 1 is 1.03 bits per heavy atom. The maximum atomic E-state index is 13.3. The summed E-state index contributed by atoms with van der Waals surface area (Å²) in [6.07, 6.45) is 1.68. The molecule has 0 saturated carbocycles. The number of hydrogen-bond donors (Lipinski definition) is 2. The van der Waals surface area contributed by atoms with Gasteiger partial charge in [0.25, 0.3) is 0 Å². The van der Waals surface area contributed by atoms with Crippen molar-refractivity contribution in [3.63, 3.8) is 0 Å². The van der Waals surface area contributed by atoms with Crippen LogP contribution in [0.2, 0.25) is 0 Å². The van der Waals surface area contributed by atoms with Gasteiger partial charge in [-0.3, -0.25) is 0 Å². The Balaban J connectivity index is 1.62. The van der Waals surface area contributed by atoms with E-state index < -0.39 is 10.0 Å². The number of aryl methyl sites for hydroxylation is 4. The van der Waals surface area contributed by atoms with Crippen LogP contribution >= 0.6 is 0 Å². The van der Waals surface area contributed by atoms with Crippen molar-refractivity contribution < 1.29 is 13.2 Å². The number of nitrogens with zero attached hydrogens (tertiary/aromatic N) is 1. The monoisotopic (exact) mass is 429 g/mol. The lowest BCUT2D eigenvalue weighted by Crippen LogP contribution is -2.44. The van der Waals surface area contributed by atoms with Crippen LogP contribution in [-0.4, -0.2) is 38.4 Å². The van der Waals surface area contributed by atoms with Gasteiger partial charge in [0.2, 0.25) is 10.0 Å². The van der Waals surface area contributed by atoms with Gasteiger partial charge in [-0.2, -0.15) is 4.31 Å². The van der Waals surface area contributed by atoms with E-state index in [1.54, 1.807) is 4.31 Å². The van der Waals surface area contributed by atoms with Gasteiger partial charge in [-0.05, 0) is 69.7 Å². The molecule has 3 rings (SSSR count). The van der Waals surface area contributed by atoms with Crippen LogP contribution < -0.4 is 10.6 Å². The van der Waals surface area contributed by atoms with Gasteiger partial charge in [0.05, 0.1) is 4.90 Å². The zero-order valence-corrected chi connectivity index (χ0v) is 19.0. The summed E-state index contributed by atoms with van der Waals surface area (Å²) in [6, 6.07) is 11.1. The minimum atomic E-state index is -3.56. The van der Waals surface area contributed by atoms with E-state index >= 15 is 0 Å². The highest BCUT2D eigenvalue weighted by Crippen LogP contribution is 2.28. The number of carbonyl (C=O) groups is 1. The molecular weight excluding hydrogens is 398 g/mol. The van der Waals surface area contributed by atoms with Crippen LogP contribution in [0.15, 0.2) is 41.3 Å². The molecule has 2 N–H and O–H groups in total. The third kappa shape index (κ3) is 5.21. The molecule has 0 bridgehead atoms. The van der Waals surface area contributed by atoms with E-state index in [4.69, 9.17) is 0 Å². The SMILES string of the molecule is Cc1ccc(NC(=O)NC[C@H]2CCCN(S(=O)(=O)c3c(C)cc(C)cc3C)C2)cc1. The van der Waals surface area contributed by atoms with Crippen molar-refractivity contribution in [2.75, 3.05) is 25.0 Å². The predicted octanol–water partition coefficient (Wildman–Crippen LogP) is 4.14. The molecule has 1 atom stereocenters. The van der Waals surface area contributed by atoms with E-state index in [1.807, 2.05) is 64.1 Å². The van der Waals surface area contributed by atoms with Crippen LogP contribution in [0.4, 0.5) is 10.5 Å². The van der Waals surface area contributed by atoms with Crippen LogP contribution in [0.5, 0.6) is 0 Å². The average Bonchev–Trinajstić information content (AvgIpc) is 2.67. The summed E-state index contributed by atoms with van der Waals surface area (Å²) in [5.41, 5.74) is 4.49.